The molecule has 0 saturated carbocycles. The fourth-order valence-corrected chi connectivity index (χ4v) is 2.64. The molecule has 9 nitrogen and oxygen atoms in total. The van der Waals surface area contributed by atoms with Crippen LogP contribution < -0.4 is 21.1 Å². The van der Waals surface area contributed by atoms with E-state index in [9.17, 15) is 23.2 Å². The van der Waals surface area contributed by atoms with Crippen LogP contribution in [0.3, 0.4) is 0 Å². The molecular formula is C19H22F3N7O2. The molecule has 0 aliphatic carbocycles. The topological polar surface area (TPSA) is 134 Å². The van der Waals surface area contributed by atoms with E-state index in [1.165, 1.54) is 19.1 Å². The Bertz CT molecular complexity index is 989. The summed E-state index contributed by atoms with van der Waals surface area (Å²) in [6.45, 7) is 2.03. The third-order valence-corrected chi connectivity index (χ3v) is 4.24. The van der Waals surface area contributed by atoms with Crippen molar-refractivity contribution < 1.29 is 22.7 Å². The van der Waals surface area contributed by atoms with Gasteiger partial charge in [-0.2, -0.15) is 28.4 Å². The number of halogens is 3. The van der Waals surface area contributed by atoms with Crippen LogP contribution in [0.5, 0.6) is 5.88 Å². The van der Waals surface area contributed by atoms with Gasteiger partial charge in [0.15, 0.2) is 11.4 Å². The maximum absolute atomic E-state index is 13.2. The Morgan fingerprint density at radius 2 is 2.00 bits per heavy atom. The molecule has 4 N–H and O–H groups in total. The smallest absolute Gasteiger partial charge is 0.416 e. The minimum Gasteiger partial charge on any atom is -0.475 e. The number of carbonyl (C=O) groups is 1. The van der Waals surface area contributed by atoms with Crippen LogP contribution >= 0.6 is 0 Å². The minimum absolute atomic E-state index is 0.0602. The van der Waals surface area contributed by atoms with E-state index in [1.807, 2.05) is 25.1 Å². The average molecular weight is 437 g/mol. The van der Waals surface area contributed by atoms with Crippen molar-refractivity contribution in [3.8, 4) is 11.9 Å². The van der Waals surface area contributed by atoms with Crippen molar-refractivity contribution in [3.63, 3.8) is 0 Å². The van der Waals surface area contributed by atoms with Gasteiger partial charge in [-0.15, -0.1) is 0 Å². The van der Waals surface area contributed by atoms with Gasteiger partial charge in [0.1, 0.15) is 18.7 Å². The molecule has 0 aliphatic rings. The number of primary amides is 1. The van der Waals surface area contributed by atoms with Crippen LogP contribution in [0.4, 0.5) is 30.6 Å². The lowest BCUT2D eigenvalue weighted by Crippen LogP contribution is -2.41. The first-order valence-electron chi connectivity index (χ1n) is 9.06. The summed E-state index contributed by atoms with van der Waals surface area (Å²) in [5, 5.41) is 9.71. The summed E-state index contributed by atoms with van der Waals surface area (Å²) < 4.78 is 45.3. The van der Waals surface area contributed by atoms with Crippen LogP contribution in [-0.2, 0) is 11.0 Å². The monoisotopic (exact) mass is 437 g/mol. The number of nitrogen functional groups attached to an aromatic ring is 1. The molecule has 0 unspecified atom stereocenters. The summed E-state index contributed by atoms with van der Waals surface area (Å²) in [5.41, 5.74) is 9.97. The lowest BCUT2D eigenvalue weighted by Gasteiger charge is -2.30. The Kier molecular flexibility index (Phi) is 7.24. The van der Waals surface area contributed by atoms with Crippen molar-refractivity contribution in [2.24, 2.45) is 5.73 Å². The lowest BCUT2D eigenvalue weighted by atomic mass is 10.1. The third-order valence-electron chi connectivity index (χ3n) is 4.24. The fourth-order valence-electron chi connectivity index (χ4n) is 2.64. The van der Waals surface area contributed by atoms with Gasteiger partial charge in [0.25, 0.3) is 0 Å². The summed E-state index contributed by atoms with van der Waals surface area (Å²) in [6.07, 6.45) is -4.62. The van der Waals surface area contributed by atoms with Crippen molar-refractivity contribution >= 4 is 23.4 Å². The van der Waals surface area contributed by atoms with Gasteiger partial charge in [-0.25, -0.2) is 0 Å². The Balaban J connectivity index is 2.66. The number of aromatic nitrogens is 2. The van der Waals surface area contributed by atoms with Crippen LogP contribution in [0.1, 0.15) is 18.1 Å². The highest BCUT2D eigenvalue weighted by molar-refractivity contribution is 5.87. The molecule has 0 radical (unpaired) electrons. The predicted octanol–water partition coefficient (Wildman–Crippen LogP) is 1.90. The molecule has 0 spiro atoms. The number of benzene rings is 1. The van der Waals surface area contributed by atoms with Gasteiger partial charge in [-0.3, -0.25) is 4.79 Å². The number of hydrogen-bond donors (Lipinski definition) is 2. The first kappa shape index (κ1) is 23.7. The average Bonchev–Trinajstić information content (AvgIpc) is 2.67. The molecule has 0 saturated heterocycles. The van der Waals surface area contributed by atoms with Gasteiger partial charge in [-0.1, -0.05) is 6.07 Å². The van der Waals surface area contributed by atoms with Gasteiger partial charge >= 0.3 is 6.18 Å². The molecule has 166 valence electrons. The van der Waals surface area contributed by atoms with E-state index in [4.69, 9.17) is 16.2 Å². The van der Waals surface area contributed by atoms with Gasteiger partial charge < -0.3 is 26.0 Å². The molecule has 31 heavy (non-hydrogen) atoms. The van der Waals surface area contributed by atoms with Gasteiger partial charge in [0, 0.05) is 12.2 Å². The minimum atomic E-state index is -4.62. The van der Waals surface area contributed by atoms with Gasteiger partial charge in [-0.05, 0) is 39.2 Å². The number of hydrogen-bond acceptors (Lipinski definition) is 8. The van der Waals surface area contributed by atoms with Crippen LogP contribution in [0.2, 0.25) is 0 Å². The number of ether oxygens (including phenoxy) is 1. The highest BCUT2D eigenvalue weighted by atomic mass is 19.4. The predicted molar refractivity (Wildman–Crippen MR) is 107 cm³/mol. The first-order chi connectivity index (χ1) is 14.5. The highest BCUT2D eigenvalue weighted by Gasteiger charge is 2.33. The normalized spacial score (nSPS) is 12.3. The SMILES string of the molecule is C[C@@H](C(N)=O)N(c1cccc(C(F)(F)F)c1)c1nc(N)nc(OCCN(C)C)c1C#N. The zero-order valence-electron chi connectivity index (χ0n) is 17.1. The number of anilines is 3. The number of amides is 1. The third kappa shape index (κ3) is 5.73. The second-order valence-electron chi connectivity index (χ2n) is 6.85. The number of nitrogens with two attached hydrogens (primary N) is 2. The maximum atomic E-state index is 13.2. The zero-order valence-corrected chi connectivity index (χ0v) is 17.1. The Morgan fingerprint density at radius 3 is 2.55 bits per heavy atom. The molecular weight excluding hydrogens is 415 g/mol. The van der Waals surface area contributed by atoms with Crippen LogP contribution in [0.25, 0.3) is 0 Å². The van der Waals surface area contributed by atoms with E-state index in [0.29, 0.717) is 6.54 Å². The van der Waals surface area contributed by atoms with Crippen LogP contribution in [-0.4, -0.2) is 54.1 Å². The van der Waals surface area contributed by atoms with E-state index in [1.54, 1.807) is 0 Å². The molecule has 12 heteroatoms. The van der Waals surface area contributed by atoms with E-state index >= 15 is 0 Å². The summed E-state index contributed by atoms with van der Waals surface area (Å²) in [5.74, 6) is -1.49. The summed E-state index contributed by atoms with van der Waals surface area (Å²) in [4.78, 5) is 22.8. The molecule has 1 heterocycles. The lowest BCUT2D eigenvalue weighted by molar-refractivity contribution is -0.137. The number of alkyl halides is 3. The number of carbonyl (C=O) groups excluding carboxylic acids is 1. The van der Waals surface area contributed by atoms with Crippen molar-refractivity contribution in [2.75, 3.05) is 37.9 Å². The van der Waals surface area contributed by atoms with Gasteiger partial charge in [0.05, 0.1) is 5.56 Å². The second kappa shape index (κ2) is 9.48. The molecule has 2 aromatic rings. The van der Waals surface area contributed by atoms with Crippen molar-refractivity contribution in [1.82, 2.24) is 14.9 Å². The van der Waals surface area contributed by atoms with E-state index < -0.39 is 23.7 Å². The number of likely N-dealkylation sites (N-methyl/N-ethyl adjacent to an activating group) is 1. The molecule has 2 rings (SSSR count). The number of nitrogens with zero attached hydrogens (tertiary/aromatic N) is 5. The summed E-state index contributed by atoms with van der Waals surface area (Å²) >= 11 is 0. The Labute approximate surface area is 177 Å². The highest BCUT2D eigenvalue weighted by Crippen LogP contribution is 2.37. The van der Waals surface area contributed by atoms with Gasteiger partial charge in [0.2, 0.25) is 17.7 Å². The summed E-state index contributed by atoms with van der Waals surface area (Å²) in [6, 6.07) is 4.93. The van der Waals surface area contributed by atoms with Crippen molar-refractivity contribution in [3.05, 3.63) is 35.4 Å². The standard InChI is InChI=1S/C19H22F3N7O2/c1-11(15(24)30)29(13-6-4-5-12(9-13)19(20,21)22)16-14(10-23)17(27-18(25)26-16)31-8-7-28(2)3/h4-6,9,11H,7-8H2,1-3H3,(H2,24,30)(H2,25,26,27)/t11-/m0/s1. The van der Waals surface area contributed by atoms with Crippen LogP contribution in [0, 0.1) is 11.3 Å². The Hall–Kier alpha value is -3.59. The molecule has 1 aromatic heterocycles. The largest absolute Gasteiger partial charge is 0.475 e. The molecule has 0 aliphatic heterocycles. The van der Waals surface area contributed by atoms with E-state index in [-0.39, 0.29) is 35.5 Å². The summed E-state index contributed by atoms with van der Waals surface area (Å²) in [7, 11) is 3.64. The fraction of sp³-hybridized carbons (Fsp3) is 0.368. The van der Waals surface area contributed by atoms with E-state index in [0.717, 1.165) is 17.0 Å². The van der Waals surface area contributed by atoms with Crippen LogP contribution in [0.15, 0.2) is 24.3 Å². The molecule has 0 fully saturated rings. The molecule has 1 atom stereocenters. The molecule has 0 bridgehead atoms. The number of rotatable bonds is 8. The molecule has 1 aromatic carbocycles. The quantitative estimate of drug-likeness (QED) is 0.639. The Morgan fingerprint density at radius 1 is 1.32 bits per heavy atom. The first-order valence-corrected chi connectivity index (χ1v) is 9.06. The maximum Gasteiger partial charge on any atom is 0.416 e. The van der Waals surface area contributed by atoms with E-state index in [2.05, 4.69) is 9.97 Å². The number of nitriles is 1. The van der Waals surface area contributed by atoms with Crippen molar-refractivity contribution in [2.45, 2.75) is 19.1 Å². The zero-order chi connectivity index (χ0) is 23.3. The second-order valence-corrected chi connectivity index (χ2v) is 6.85. The van der Waals surface area contributed by atoms with Crippen molar-refractivity contribution in [1.29, 1.82) is 5.26 Å². The molecule has 1 amide bonds.